The predicted molar refractivity (Wildman–Crippen MR) is 150 cm³/mol. The first-order valence-electron chi connectivity index (χ1n) is 13.3. The van der Waals surface area contributed by atoms with E-state index in [1.165, 1.54) is 67.7 Å². The molecule has 0 N–H and O–H groups in total. The van der Waals surface area contributed by atoms with Crippen LogP contribution in [-0.2, 0) is 19.4 Å². The summed E-state index contributed by atoms with van der Waals surface area (Å²) in [6.07, 6.45) is 3.22. The summed E-state index contributed by atoms with van der Waals surface area (Å²) in [5, 5.41) is 0.533. The average Bonchev–Trinajstić information content (AvgIpc) is 3.30. The molecule has 3 heterocycles. The van der Waals surface area contributed by atoms with Gasteiger partial charge in [0, 0.05) is 25.1 Å². The molecule has 6 rings (SSSR count). The number of aromatic nitrogens is 4. The number of rotatable bonds is 8. The van der Waals surface area contributed by atoms with Crippen molar-refractivity contribution in [1.29, 1.82) is 0 Å². The molecular formula is C31H26F2N4O5. The minimum Gasteiger partial charge on any atom is -0.493 e. The van der Waals surface area contributed by atoms with E-state index >= 15 is 4.39 Å². The fourth-order valence-corrected chi connectivity index (χ4v) is 5.30. The number of halogens is 2. The van der Waals surface area contributed by atoms with Gasteiger partial charge in [-0.15, -0.1) is 0 Å². The summed E-state index contributed by atoms with van der Waals surface area (Å²) in [5.74, 6) is -0.277. The first-order chi connectivity index (χ1) is 20.4. The summed E-state index contributed by atoms with van der Waals surface area (Å²) < 4.78 is 48.6. The number of carbonyl (C=O) groups excluding carboxylic acids is 1. The highest BCUT2D eigenvalue weighted by Crippen LogP contribution is 2.36. The van der Waals surface area contributed by atoms with Gasteiger partial charge in [-0.2, -0.15) is 0 Å². The minimum atomic E-state index is -0.662. The van der Waals surface area contributed by atoms with Gasteiger partial charge < -0.3 is 14.2 Å². The summed E-state index contributed by atoms with van der Waals surface area (Å²) in [5.41, 5.74) is 1.28. The zero-order chi connectivity index (χ0) is 29.4. The third-order valence-electron chi connectivity index (χ3n) is 7.33. The van der Waals surface area contributed by atoms with Crippen LogP contribution in [0, 0.1) is 11.6 Å². The largest absolute Gasteiger partial charge is 0.493 e. The molecule has 214 valence electrons. The van der Waals surface area contributed by atoms with Gasteiger partial charge in [-0.05, 0) is 61.2 Å². The molecule has 1 aliphatic heterocycles. The molecule has 0 aliphatic carbocycles. The molecule has 0 spiro atoms. The van der Waals surface area contributed by atoms with Crippen LogP contribution in [0.3, 0.4) is 0 Å². The van der Waals surface area contributed by atoms with E-state index in [0.717, 1.165) is 12.8 Å². The van der Waals surface area contributed by atoms with Crippen molar-refractivity contribution in [2.75, 3.05) is 14.2 Å². The summed E-state index contributed by atoms with van der Waals surface area (Å²) in [6.45, 7) is 0.548. The number of fused-ring (bicyclic) bond motifs is 2. The molecule has 0 unspecified atom stereocenters. The maximum Gasteiger partial charge on any atom is 0.282 e. The third-order valence-corrected chi connectivity index (χ3v) is 7.33. The molecule has 0 radical (unpaired) electrons. The molecule has 0 atom stereocenters. The quantitative estimate of drug-likeness (QED) is 0.229. The van der Waals surface area contributed by atoms with Gasteiger partial charge in [0.15, 0.2) is 17.3 Å². The second-order valence-corrected chi connectivity index (χ2v) is 9.85. The number of ether oxygens (including phenoxy) is 3. The molecule has 9 nitrogen and oxygen atoms in total. The topological polar surface area (TPSA) is 97.5 Å². The fourth-order valence-electron chi connectivity index (χ4n) is 5.30. The summed E-state index contributed by atoms with van der Waals surface area (Å²) in [6, 6.07) is 13.0. The lowest BCUT2D eigenvalue weighted by Crippen LogP contribution is -2.24. The van der Waals surface area contributed by atoms with Crippen LogP contribution in [0.2, 0.25) is 0 Å². The van der Waals surface area contributed by atoms with Gasteiger partial charge in [0.2, 0.25) is 5.88 Å². The van der Waals surface area contributed by atoms with E-state index in [2.05, 4.69) is 9.97 Å². The second kappa shape index (κ2) is 11.1. The Morgan fingerprint density at radius 3 is 2.45 bits per heavy atom. The summed E-state index contributed by atoms with van der Waals surface area (Å²) >= 11 is 0. The molecule has 0 saturated carbocycles. The predicted octanol–water partition coefficient (Wildman–Crippen LogP) is 5.43. The molecule has 0 saturated heterocycles. The van der Waals surface area contributed by atoms with Gasteiger partial charge in [-0.3, -0.25) is 14.3 Å². The number of benzene rings is 3. The smallest absolute Gasteiger partial charge is 0.282 e. The number of Topliss-reactive ketones (excluding diaryl/α,β-unsaturated/α-hetero) is 1. The van der Waals surface area contributed by atoms with Crippen molar-refractivity contribution in [3.63, 3.8) is 0 Å². The minimum absolute atomic E-state index is 0.0376. The van der Waals surface area contributed by atoms with Crippen molar-refractivity contribution < 1.29 is 27.8 Å². The van der Waals surface area contributed by atoms with Crippen molar-refractivity contribution in [3.05, 3.63) is 99.7 Å². The van der Waals surface area contributed by atoms with Gasteiger partial charge >= 0.3 is 0 Å². The first kappa shape index (κ1) is 27.1. The van der Waals surface area contributed by atoms with E-state index in [-0.39, 0.29) is 29.2 Å². The van der Waals surface area contributed by atoms with Crippen molar-refractivity contribution in [1.82, 2.24) is 19.3 Å². The Kier molecular flexibility index (Phi) is 7.15. The highest BCUT2D eigenvalue weighted by Gasteiger charge is 2.28. The molecule has 0 amide bonds. The molecule has 11 heteroatoms. The van der Waals surface area contributed by atoms with Gasteiger partial charge in [-0.25, -0.2) is 23.4 Å². The van der Waals surface area contributed by atoms with Crippen LogP contribution in [0.15, 0.2) is 65.7 Å². The van der Waals surface area contributed by atoms with Gasteiger partial charge in [0.1, 0.15) is 29.3 Å². The monoisotopic (exact) mass is 572 g/mol. The standard InChI is InChI=1S/C31H26F2N4O5/c1-40-27-15-22-24(16-28(27)41-2)34-17-35-30(22)42-21-11-6-18(23(33)14-21)13-26(38)29-25-5-3-4-12-36(25)37(31(29)39)20-9-7-19(32)8-10-20/h6-11,14-17H,3-5,12-13H2,1-2H3. The Balaban J connectivity index is 1.28. The van der Waals surface area contributed by atoms with Crippen LogP contribution in [0.25, 0.3) is 16.6 Å². The normalized spacial score (nSPS) is 12.7. The van der Waals surface area contributed by atoms with Crippen LogP contribution in [0.5, 0.6) is 23.1 Å². The number of methoxy groups -OCH3 is 2. The third kappa shape index (κ3) is 4.87. The molecule has 2 aromatic heterocycles. The number of ketones is 1. The van der Waals surface area contributed by atoms with Crippen molar-refractivity contribution >= 4 is 16.7 Å². The van der Waals surface area contributed by atoms with E-state index in [4.69, 9.17) is 14.2 Å². The van der Waals surface area contributed by atoms with E-state index in [0.29, 0.717) is 46.7 Å². The molecule has 3 aromatic carbocycles. The van der Waals surface area contributed by atoms with E-state index in [1.807, 2.05) is 0 Å². The molecule has 0 bridgehead atoms. The van der Waals surface area contributed by atoms with Gasteiger partial charge in [0.25, 0.3) is 5.56 Å². The molecular weight excluding hydrogens is 546 g/mol. The first-order valence-corrected chi connectivity index (χ1v) is 13.3. The van der Waals surface area contributed by atoms with Crippen molar-refractivity contribution in [2.24, 2.45) is 0 Å². The fraction of sp³-hybridized carbons (Fsp3) is 0.226. The van der Waals surface area contributed by atoms with Crippen LogP contribution in [0.1, 0.15) is 34.5 Å². The SMILES string of the molecule is COc1cc2ncnc(Oc3ccc(CC(=O)c4c5n(n(-c6ccc(F)cc6)c4=O)CCCC5)c(F)c3)c2cc1OC. The second-order valence-electron chi connectivity index (χ2n) is 9.85. The zero-order valence-electron chi connectivity index (χ0n) is 22.9. The number of carbonyl (C=O) groups is 1. The molecule has 5 aromatic rings. The van der Waals surface area contributed by atoms with Gasteiger partial charge in [-0.1, -0.05) is 6.07 Å². The maximum atomic E-state index is 15.3. The zero-order valence-corrected chi connectivity index (χ0v) is 22.9. The lowest BCUT2D eigenvalue weighted by molar-refractivity contribution is 0.0989. The highest BCUT2D eigenvalue weighted by atomic mass is 19.1. The Morgan fingerprint density at radius 2 is 1.71 bits per heavy atom. The van der Waals surface area contributed by atoms with Crippen molar-refractivity contribution in [3.8, 4) is 28.8 Å². The lowest BCUT2D eigenvalue weighted by atomic mass is 9.99. The molecule has 1 aliphatic rings. The van der Waals surface area contributed by atoms with E-state index < -0.39 is 23.0 Å². The van der Waals surface area contributed by atoms with E-state index in [9.17, 15) is 14.0 Å². The van der Waals surface area contributed by atoms with E-state index in [1.54, 1.807) is 16.8 Å². The summed E-state index contributed by atoms with van der Waals surface area (Å²) in [7, 11) is 3.02. The van der Waals surface area contributed by atoms with Gasteiger partial charge in [0.05, 0.1) is 36.5 Å². The van der Waals surface area contributed by atoms with Crippen LogP contribution < -0.4 is 19.8 Å². The lowest BCUT2D eigenvalue weighted by Gasteiger charge is -2.19. The van der Waals surface area contributed by atoms with Crippen LogP contribution in [-0.4, -0.2) is 39.3 Å². The maximum absolute atomic E-state index is 15.3. The van der Waals surface area contributed by atoms with Crippen LogP contribution >= 0.6 is 0 Å². The number of hydrogen-bond acceptors (Lipinski definition) is 7. The Bertz CT molecular complexity index is 1880. The Labute approximate surface area is 238 Å². The number of nitrogens with zero attached hydrogens (tertiary/aromatic N) is 4. The Morgan fingerprint density at radius 1 is 0.952 bits per heavy atom. The molecule has 42 heavy (non-hydrogen) atoms. The van der Waals surface area contributed by atoms with Crippen LogP contribution in [0.4, 0.5) is 8.78 Å². The molecule has 0 fully saturated rings. The highest BCUT2D eigenvalue weighted by molar-refractivity contribution is 5.98. The average molecular weight is 573 g/mol. The number of hydrogen-bond donors (Lipinski definition) is 0. The van der Waals surface area contributed by atoms with Crippen molar-refractivity contribution in [2.45, 2.75) is 32.2 Å². The Hall–Kier alpha value is -5.06. The summed E-state index contributed by atoms with van der Waals surface area (Å²) in [4.78, 5) is 35.4.